The van der Waals surface area contributed by atoms with Gasteiger partial charge in [-0.2, -0.15) is 0 Å². The average molecular weight is 342 g/mol. The Morgan fingerprint density at radius 1 is 1.32 bits per heavy atom. The number of carbonyl (C=O) groups excluding carboxylic acids is 1. The highest BCUT2D eigenvalue weighted by molar-refractivity contribution is 5.94. The minimum atomic E-state index is -0.176. The number of carbonyl (C=O) groups is 1. The first-order valence-corrected chi connectivity index (χ1v) is 8.58. The number of imidazole rings is 1. The van der Waals surface area contributed by atoms with Gasteiger partial charge < -0.3 is 19.1 Å². The Kier molecular flexibility index (Phi) is 5.20. The molecule has 25 heavy (non-hydrogen) atoms. The number of aromatic nitrogens is 2. The second-order valence-electron chi connectivity index (χ2n) is 6.90. The normalized spacial score (nSPS) is 18.0. The summed E-state index contributed by atoms with van der Waals surface area (Å²) in [7, 11) is 6.03. The maximum atomic E-state index is 12.8. The third-order valence-electron chi connectivity index (χ3n) is 4.37. The molecule has 1 atom stereocenters. The van der Waals surface area contributed by atoms with Gasteiger partial charge in [-0.15, -0.1) is 0 Å². The van der Waals surface area contributed by atoms with Crippen LogP contribution in [-0.2, 0) is 18.3 Å². The molecule has 0 unspecified atom stereocenters. The van der Waals surface area contributed by atoms with E-state index in [1.54, 1.807) is 0 Å². The predicted octanol–water partition coefficient (Wildman–Crippen LogP) is 2.00. The summed E-state index contributed by atoms with van der Waals surface area (Å²) in [5.41, 5.74) is 2.88. The molecule has 1 amide bonds. The fraction of sp³-hybridized carbons (Fsp3) is 0.474. The smallest absolute Gasteiger partial charge is 0.254 e. The zero-order chi connectivity index (χ0) is 18.0. The maximum absolute atomic E-state index is 12.8. The molecule has 0 aliphatic carbocycles. The lowest BCUT2D eigenvalue weighted by molar-refractivity contribution is -0.0279. The largest absolute Gasteiger partial charge is 0.367 e. The van der Waals surface area contributed by atoms with E-state index in [9.17, 15) is 4.79 Å². The highest BCUT2D eigenvalue weighted by Gasteiger charge is 2.28. The quantitative estimate of drug-likeness (QED) is 0.853. The molecule has 3 rings (SSSR count). The molecule has 0 bridgehead atoms. The molecule has 0 saturated carbocycles. The first-order valence-electron chi connectivity index (χ1n) is 8.58. The van der Waals surface area contributed by atoms with Gasteiger partial charge in [-0.1, -0.05) is 12.1 Å². The van der Waals surface area contributed by atoms with Crippen LogP contribution in [-0.4, -0.2) is 59.0 Å². The first kappa shape index (κ1) is 17.6. The second kappa shape index (κ2) is 7.37. The minimum absolute atomic E-state index is 0.0515. The van der Waals surface area contributed by atoms with E-state index in [1.165, 1.54) is 5.56 Å². The number of hydrogen-bond donors (Lipinski definition) is 0. The predicted molar refractivity (Wildman–Crippen MR) is 96.4 cm³/mol. The van der Waals surface area contributed by atoms with Crippen molar-refractivity contribution in [3.63, 3.8) is 0 Å². The average Bonchev–Trinajstić information content (AvgIpc) is 2.93. The highest BCUT2D eigenvalue weighted by atomic mass is 16.5. The molecular weight excluding hydrogens is 316 g/mol. The van der Waals surface area contributed by atoms with Gasteiger partial charge in [-0.25, -0.2) is 4.98 Å². The van der Waals surface area contributed by atoms with Gasteiger partial charge in [0.05, 0.1) is 18.8 Å². The minimum Gasteiger partial charge on any atom is -0.367 e. The lowest BCUT2D eigenvalue weighted by Gasteiger charge is -2.32. The number of aryl methyl sites for hydroxylation is 2. The molecular formula is C19H26N4O2. The fourth-order valence-corrected chi connectivity index (χ4v) is 3.22. The third kappa shape index (κ3) is 4.08. The van der Waals surface area contributed by atoms with Crippen molar-refractivity contribution in [3.8, 4) is 0 Å². The topological polar surface area (TPSA) is 50.6 Å². The zero-order valence-electron chi connectivity index (χ0n) is 15.4. The van der Waals surface area contributed by atoms with Crippen LogP contribution in [0.3, 0.4) is 0 Å². The van der Waals surface area contributed by atoms with Crippen LogP contribution in [0.2, 0.25) is 0 Å². The van der Waals surface area contributed by atoms with Gasteiger partial charge in [0.25, 0.3) is 5.91 Å². The van der Waals surface area contributed by atoms with Crippen LogP contribution < -0.4 is 0 Å². The number of amides is 1. The Labute approximate surface area is 149 Å². The highest BCUT2D eigenvalue weighted by Crippen LogP contribution is 2.22. The summed E-state index contributed by atoms with van der Waals surface area (Å²) in [6.07, 6.45) is 1.80. The third-order valence-corrected chi connectivity index (χ3v) is 4.37. The number of ether oxygens (including phenoxy) is 1. The molecule has 2 aromatic rings. The van der Waals surface area contributed by atoms with Gasteiger partial charge in [-0.3, -0.25) is 4.79 Å². The van der Waals surface area contributed by atoms with Crippen molar-refractivity contribution in [3.05, 3.63) is 53.1 Å². The molecule has 1 aromatic carbocycles. The number of rotatable bonds is 4. The lowest BCUT2D eigenvalue weighted by atomic mass is 10.1. The van der Waals surface area contributed by atoms with Crippen molar-refractivity contribution >= 4 is 5.91 Å². The van der Waals surface area contributed by atoms with E-state index in [4.69, 9.17) is 4.74 Å². The van der Waals surface area contributed by atoms with Crippen molar-refractivity contribution in [1.82, 2.24) is 19.4 Å². The molecule has 2 heterocycles. The van der Waals surface area contributed by atoms with Crippen LogP contribution in [0.15, 0.2) is 30.5 Å². The monoisotopic (exact) mass is 342 g/mol. The van der Waals surface area contributed by atoms with Crippen LogP contribution in [0.25, 0.3) is 0 Å². The van der Waals surface area contributed by atoms with Gasteiger partial charge in [0.2, 0.25) is 0 Å². The van der Waals surface area contributed by atoms with Gasteiger partial charge in [-0.05, 0) is 38.7 Å². The van der Waals surface area contributed by atoms with Crippen LogP contribution in [0.5, 0.6) is 0 Å². The Morgan fingerprint density at radius 3 is 2.64 bits per heavy atom. The molecule has 0 radical (unpaired) electrons. The molecule has 6 heteroatoms. The van der Waals surface area contributed by atoms with Crippen LogP contribution >= 0.6 is 0 Å². The number of morpholine rings is 1. The Hall–Kier alpha value is -2.18. The lowest BCUT2D eigenvalue weighted by Crippen LogP contribution is -2.42. The van der Waals surface area contributed by atoms with Gasteiger partial charge in [0.1, 0.15) is 11.9 Å². The Morgan fingerprint density at radius 2 is 2.04 bits per heavy atom. The molecule has 1 aliphatic rings. The van der Waals surface area contributed by atoms with Gasteiger partial charge in [0, 0.05) is 31.9 Å². The maximum Gasteiger partial charge on any atom is 0.254 e. The zero-order valence-corrected chi connectivity index (χ0v) is 15.4. The van der Waals surface area contributed by atoms with Gasteiger partial charge >= 0.3 is 0 Å². The number of nitrogens with zero attached hydrogens (tertiary/aromatic N) is 4. The first-order chi connectivity index (χ1) is 11.9. The molecule has 134 valence electrons. The SMILES string of the molecule is Cc1cn(C)c([C@H]2CN(C(=O)c3ccc(CN(C)C)cc3)CCO2)n1. The van der Waals surface area contributed by atoms with Crippen molar-refractivity contribution in [2.45, 2.75) is 19.6 Å². The number of benzene rings is 1. The van der Waals surface area contributed by atoms with Crippen LogP contribution in [0.4, 0.5) is 0 Å². The summed E-state index contributed by atoms with van der Waals surface area (Å²) < 4.78 is 7.83. The molecule has 1 fully saturated rings. The molecule has 0 N–H and O–H groups in total. The molecule has 1 aliphatic heterocycles. The van der Waals surface area contributed by atoms with E-state index < -0.39 is 0 Å². The number of hydrogen-bond acceptors (Lipinski definition) is 4. The van der Waals surface area contributed by atoms with Gasteiger partial charge in [0.15, 0.2) is 0 Å². The van der Waals surface area contributed by atoms with Crippen molar-refractivity contribution in [2.24, 2.45) is 7.05 Å². The van der Waals surface area contributed by atoms with E-state index in [0.717, 1.165) is 23.6 Å². The van der Waals surface area contributed by atoms with E-state index in [0.29, 0.717) is 19.7 Å². The van der Waals surface area contributed by atoms with E-state index in [-0.39, 0.29) is 12.0 Å². The summed E-state index contributed by atoms with van der Waals surface area (Å²) in [4.78, 5) is 21.3. The second-order valence-corrected chi connectivity index (χ2v) is 6.90. The fourth-order valence-electron chi connectivity index (χ4n) is 3.22. The van der Waals surface area contributed by atoms with E-state index in [2.05, 4.69) is 9.88 Å². The summed E-state index contributed by atoms with van der Waals surface area (Å²) in [6.45, 7) is 4.50. The summed E-state index contributed by atoms with van der Waals surface area (Å²) in [5.74, 6) is 0.923. The Balaban J connectivity index is 1.70. The molecule has 1 saturated heterocycles. The van der Waals surface area contributed by atoms with Crippen molar-refractivity contribution < 1.29 is 9.53 Å². The Bertz CT molecular complexity index is 736. The van der Waals surface area contributed by atoms with Crippen molar-refractivity contribution in [2.75, 3.05) is 33.8 Å². The molecule has 6 nitrogen and oxygen atoms in total. The van der Waals surface area contributed by atoms with Crippen LogP contribution in [0, 0.1) is 6.92 Å². The van der Waals surface area contributed by atoms with Crippen LogP contribution in [0.1, 0.15) is 33.5 Å². The molecule has 1 aromatic heterocycles. The standard InChI is InChI=1S/C19H26N4O2/c1-14-11-22(4)18(20-14)17-13-23(9-10-25-17)19(24)16-7-5-15(6-8-16)12-21(2)3/h5-8,11,17H,9-10,12-13H2,1-4H3/t17-/m1/s1. The summed E-state index contributed by atoms with van der Waals surface area (Å²) in [5, 5.41) is 0. The van der Waals surface area contributed by atoms with Crippen molar-refractivity contribution in [1.29, 1.82) is 0 Å². The molecule has 0 spiro atoms. The summed E-state index contributed by atoms with van der Waals surface area (Å²) >= 11 is 0. The van der Waals surface area contributed by atoms with E-state index in [1.807, 2.05) is 68.0 Å². The summed E-state index contributed by atoms with van der Waals surface area (Å²) in [6, 6.07) is 7.87. The van der Waals surface area contributed by atoms with E-state index >= 15 is 0 Å².